The molecule has 1 nitrogen and oxygen atoms in total. The SMILES string of the molecule is CCC#CCCCC[NH]. The Morgan fingerprint density at radius 1 is 1.22 bits per heavy atom. The molecule has 1 radical (unpaired) electrons. The van der Waals surface area contributed by atoms with Gasteiger partial charge < -0.3 is 0 Å². The lowest BCUT2D eigenvalue weighted by molar-refractivity contribution is 0.756. The molecule has 51 valence electrons. The van der Waals surface area contributed by atoms with Crippen molar-refractivity contribution in [1.82, 2.24) is 5.73 Å². The molecule has 0 aliphatic rings. The topological polar surface area (TPSA) is 23.8 Å². The monoisotopic (exact) mass is 124 g/mol. The van der Waals surface area contributed by atoms with Crippen LogP contribution in [0.3, 0.4) is 0 Å². The smallest absolute Gasteiger partial charge is 0.0100 e. The van der Waals surface area contributed by atoms with Crippen LogP contribution in [0.5, 0.6) is 0 Å². The summed E-state index contributed by atoms with van der Waals surface area (Å²) < 4.78 is 0. The second kappa shape index (κ2) is 7.52. The van der Waals surface area contributed by atoms with Gasteiger partial charge in [-0.05, 0) is 12.8 Å². The largest absolute Gasteiger partial charge is 0.258 e. The molecule has 0 heterocycles. The van der Waals surface area contributed by atoms with Crippen LogP contribution in [-0.4, -0.2) is 6.54 Å². The fourth-order valence-electron chi connectivity index (χ4n) is 0.552. The first-order valence-electron chi connectivity index (χ1n) is 3.52. The summed E-state index contributed by atoms with van der Waals surface area (Å²) in [5, 5.41) is 0. The standard InChI is InChI=1S/C8H14N/c1-2-3-4-5-6-7-8-9/h9H,2,5-8H2,1H3. The van der Waals surface area contributed by atoms with Crippen molar-refractivity contribution in [3.05, 3.63) is 0 Å². The maximum Gasteiger partial charge on any atom is 0.0100 e. The van der Waals surface area contributed by atoms with E-state index in [1.54, 1.807) is 0 Å². The zero-order valence-corrected chi connectivity index (χ0v) is 6.04. The summed E-state index contributed by atoms with van der Waals surface area (Å²) in [6.45, 7) is 2.60. The highest BCUT2D eigenvalue weighted by Gasteiger charge is 1.79. The highest BCUT2D eigenvalue weighted by Crippen LogP contribution is 1.90. The van der Waals surface area contributed by atoms with Crippen LogP contribution in [0.25, 0.3) is 0 Å². The van der Waals surface area contributed by atoms with E-state index in [1.807, 2.05) is 0 Å². The molecule has 0 saturated heterocycles. The van der Waals surface area contributed by atoms with Gasteiger partial charge in [0.05, 0.1) is 0 Å². The van der Waals surface area contributed by atoms with Gasteiger partial charge in [0.25, 0.3) is 0 Å². The first-order valence-corrected chi connectivity index (χ1v) is 3.52. The van der Waals surface area contributed by atoms with Crippen LogP contribution in [0.2, 0.25) is 0 Å². The van der Waals surface area contributed by atoms with Crippen molar-refractivity contribution in [3.8, 4) is 11.8 Å². The molecule has 0 aliphatic heterocycles. The lowest BCUT2D eigenvalue weighted by atomic mass is 10.2. The lowest BCUT2D eigenvalue weighted by Gasteiger charge is -1.86. The highest BCUT2D eigenvalue weighted by atomic mass is 14.5. The molecule has 1 heteroatoms. The molecule has 0 aliphatic carbocycles. The van der Waals surface area contributed by atoms with E-state index < -0.39 is 0 Å². The maximum atomic E-state index is 6.83. The summed E-state index contributed by atoms with van der Waals surface area (Å²) in [4.78, 5) is 0. The van der Waals surface area contributed by atoms with Gasteiger partial charge in [-0.2, -0.15) is 0 Å². The summed E-state index contributed by atoms with van der Waals surface area (Å²) in [5.41, 5.74) is 6.83. The summed E-state index contributed by atoms with van der Waals surface area (Å²) in [7, 11) is 0. The van der Waals surface area contributed by atoms with Crippen molar-refractivity contribution < 1.29 is 0 Å². The van der Waals surface area contributed by atoms with Gasteiger partial charge in [-0.15, -0.1) is 11.8 Å². The molecular weight excluding hydrogens is 110 g/mol. The van der Waals surface area contributed by atoms with Gasteiger partial charge in [0.1, 0.15) is 0 Å². The Balaban J connectivity index is 2.90. The third-order valence-corrected chi connectivity index (χ3v) is 1.03. The summed E-state index contributed by atoms with van der Waals surface area (Å²) >= 11 is 0. The lowest BCUT2D eigenvalue weighted by Crippen LogP contribution is -1.82. The molecule has 0 atom stereocenters. The highest BCUT2D eigenvalue weighted by molar-refractivity contribution is 4.97. The summed E-state index contributed by atoms with van der Waals surface area (Å²) in [6.07, 6.45) is 4.03. The zero-order chi connectivity index (χ0) is 6.95. The Morgan fingerprint density at radius 2 is 2.00 bits per heavy atom. The predicted molar refractivity (Wildman–Crippen MR) is 39.9 cm³/mol. The molecular formula is C8H14N. The van der Waals surface area contributed by atoms with Crippen LogP contribution in [0, 0.1) is 11.8 Å². The van der Waals surface area contributed by atoms with E-state index in [1.165, 1.54) is 0 Å². The van der Waals surface area contributed by atoms with Gasteiger partial charge in [0.2, 0.25) is 0 Å². The molecule has 0 fully saturated rings. The molecule has 0 aromatic heterocycles. The Bertz CT molecular complexity index is 96.9. The fraction of sp³-hybridized carbons (Fsp3) is 0.750. The fourth-order valence-corrected chi connectivity index (χ4v) is 0.552. The van der Waals surface area contributed by atoms with Crippen molar-refractivity contribution in [2.24, 2.45) is 0 Å². The molecule has 0 spiro atoms. The maximum absolute atomic E-state index is 6.83. The number of rotatable bonds is 3. The van der Waals surface area contributed by atoms with Gasteiger partial charge in [0.15, 0.2) is 0 Å². The van der Waals surface area contributed by atoms with Crippen LogP contribution in [0.15, 0.2) is 0 Å². The van der Waals surface area contributed by atoms with Crippen LogP contribution in [0.4, 0.5) is 0 Å². The van der Waals surface area contributed by atoms with Gasteiger partial charge >= 0.3 is 0 Å². The van der Waals surface area contributed by atoms with E-state index in [4.69, 9.17) is 5.73 Å². The summed E-state index contributed by atoms with van der Waals surface area (Å²) in [5.74, 6) is 6.03. The van der Waals surface area contributed by atoms with Crippen LogP contribution >= 0.6 is 0 Å². The van der Waals surface area contributed by atoms with E-state index >= 15 is 0 Å². The number of hydrogen-bond donors (Lipinski definition) is 0. The minimum atomic E-state index is 0.549. The summed E-state index contributed by atoms with van der Waals surface area (Å²) in [6, 6.07) is 0. The van der Waals surface area contributed by atoms with E-state index in [-0.39, 0.29) is 0 Å². The van der Waals surface area contributed by atoms with E-state index in [9.17, 15) is 0 Å². The van der Waals surface area contributed by atoms with Crippen molar-refractivity contribution in [2.75, 3.05) is 6.54 Å². The van der Waals surface area contributed by atoms with Gasteiger partial charge in [-0.25, -0.2) is 0 Å². The predicted octanol–water partition coefficient (Wildman–Crippen LogP) is 1.85. The first-order chi connectivity index (χ1) is 4.41. The molecule has 0 bridgehead atoms. The Kier molecular flexibility index (Phi) is 7.12. The van der Waals surface area contributed by atoms with Crippen molar-refractivity contribution in [1.29, 1.82) is 0 Å². The quantitative estimate of drug-likeness (QED) is 0.405. The van der Waals surface area contributed by atoms with Crippen LogP contribution < -0.4 is 5.73 Å². The molecule has 0 amide bonds. The van der Waals surface area contributed by atoms with Gasteiger partial charge in [-0.1, -0.05) is 6.92 Å². The second-order valence-electron chi connectivity index (χ2n) is 1.91. The van der Waals surface area contributed by atoms with E-state index in [0.29, 0.717) is 6.54 Å². The molecule has 1 N–H and O–H groups in total. The number of unbranched alkanes of at least 4 members (excludes halogenated alkanes) is 2. The van der Waals surface area contributed by atoms with Gasteiger partial charge in [-0.3, -0.25) is 5.73 Å². The van der Waals surface area contributed by atoms with Crippen LogP contribution in [-0.2, 0) is 0 Å². The third kappa shape index (κ3) is 7.52. The molecule has 0 aromatic carbocycles. The van der Waals surface area contributed by atoms with E-state index in [0.717, 1.165) is 25.7 Å². The Labute approximate surface area is 57.6 Å². The Hall–Kier alpha value is -0.480. The van der Waals surface area contributed by atoms with Crippen molar-refractivity contribution in [3.63, 3.8) is 0 Å². The molecule has 9 heavy (non-hydrogen) atoms. The zero-order valence-electron chi connectivity index (χ0n) is 6.04. The van der Waals surface area contributed by atoms with Crippen molar-refractivity contribution >= 4 is 0 Å². The molecule has 0 unspecified atom stereocenters. The molecule has 0 rings (SSSR count). The minimum absolute atomic E-state index is 0.549. The first kappa shape index (κ1) is 8.52. The molecule has 0 saturated carbocycles. The normalized spacial score (nSPS) is 8.22. The number of hydrogen-bond acceptors (Lipinski definition) is 0. The molecule has 0 aromatic rings. The van der Waals surface area contributed by atoms with Crippen molar-refractivity contribution in [2.45, 2.75) is 32.6 Å². The average Bonchev–Trinajstić information content (AvgIpc) is 1.89. The second-order valence-corrected chi connectivity index (χ2v) is 1.91. The average molecular weight is 124 g/mol. The van der Waals surface area contributed by atoms with E-state index in [2.05, 4.69) is 18.8 Å². The van der Waals surface area contributed by atoms with Crippen LogP contribution in [0.1, 0.15) is 32.6 Å². The third-order valence-electron chi connectivity index (χ3n) is 1.03. The number of nitrogens with one attached hydrogen (secondary N) is 1. The minimum Gasteiger partial charge on any atom is -0.258 e. The Morgan fingerprint density at radius 3 is 2.56 bits per heavy atom. The van der Waals surface area contributed by atoms with Gasteiger partial charge in [0, 0.05) is 19.4 Å².